The largest absolute Gasteiger partial charge is 0.294 e. The maximum absolute atomic E-state index is 12.5. The Balaban J connectivity index is 1.61. The van der Waals surface area contributed by atoms with E-state index in [2.05, 4.69) is 20.8 Å². The monoisotopic (exact) mass is 304 g/mol. The molecule has 1 nitrogen and oxygen atoms in total. The van der Waals surface area contributed by atoms with Gasteiger partial charge in [-0.1, -0.05) is 27.2 Å². The van der Waals surface area contributed by atoms with E-state index in [-0.39, 0.29) is 0 Å². The molecule has 0 aromatic rings. The first-order valence-electron chi connectivity index (χ1n) is 8.86. The van der Waals surface area contributed by atoms with Crippen molar-refractivity contribution in [3.8, 4) is 0 Å². The number of hydrogen-bond acceptors (Lipinski definition) is 2. The van der Waals surface area contributed by atoms with Crippen molar-refractivity contribution in [3.63, 3.8) is 0 Å². The van der Waals surface area contributed by atoms with Gasteiger partial charge >= 0.3 is 0 Å². The highest BCUT2D eigenvalue weighted by Gasteiger charge is 2.61. The Kier molecular flexibility index (Phi) is 3.17. The summed E-state index contributed by atoms with van der Waals surface area (Å²) in [6.07, 6.45) is 10.0. The first-order valence-corrected chi connectivity index (χ1v) is 9.74. The molecule has 116 valence electrons. The summed E-state index contributed by atoms with van der Waals surface area (Å²) in [4.78, 5) is 13.7. The Labute approximate surface area is 133 Å². The van der Waals surface area contributed by atoms with Crippen LogP contribution < -0.4 is 0 Å². The highest BCUT2D eigenvalue weighted by Crippen LogP contribution is 2.69. The summed E-state index contributed by atoms with van der Waals surface area (Å²) in [6, 6.07) is 0. The lowest BCUT2D eigenvalue weighted by molar-refractivity contribution is -0.114. The smallest absolute Gasteiger partial charge is 0.169 e. The van der Waals surface area contributed by atoms with Crippen molar-refractivity contribution in [3.05, 3.63) is 10.5 Å². The molecule has 3 saturated carbocycles. The topological polar surface area (TPSA) is 17.1 Å². The summed E-state index contributed by atoms with van der Waals surface area (Å²) in [5.41, 5.74) is 2.45. The van der Waals surface area contributed by atoms with Crippen molar-refractivity contribution >= 4 is 17.5 Å². The molecular weight excluding hydrogens is 276 g/mol. The lowest BCUT2D eigenvalue weighted by Gasteiger charge is -2.39. The fraction of sp³-hybridized carbons (Fsp3) is 0.842. The van der Waals surface area contributed by atoms with Crippen molar-refractivity contribution in [1.29, 1.82) is 0 Å². The van der Waals surface area contributed by atoms with E-state index in [0.717, 1.165) is 12.3 Å². The van der Waals surface area contributed by atoms with Gasteiger partial charge in [-0.2, -0.15) is 0 Å². The quantitative estimate of drug-likeness (QED) is 0.684. The average molecular weight is 304 g/mol. The number of Topliss-reactive ketones (excluding diaryl/α,β-unsaturated/α-hetero) is 1. The number of ketones is 1. The third-order valence-corrected chi connectivity index (χ3v) is 9.42. The van der Waals surface area contributed by atoms with Crippen molar-refractivity contribution in [2.24, 2.45) is 22.7 Å². The minimum Gasteiger partial charge on any atom is -0.294 e. The molecule has 0 aliphatic heterocycles. The Hall–Kier alpha value is -0.240. The second kappa shape index (κ2) is 4.63. The van der Waals surface area contributed by atoms with Crippen LogP contribution >= 0.6 is 11.8 Å². The van der Waals surface area contributed by atoms with Crippen LogP contribution in [0.25, 0.3) is 0 Å². The van der Waals surface area contributed by atoms with E-state index in [1.54, 1.807) is 5.57 Å². The van der Waals surface area contributed by atoms with Crippen LogP contribution in [0.4, 0.5) is 0 Å². The minimum atomic E-state index is 0.433. The zero-order valence-corrected chi connectivity index (χ0v) is 14.5. The van der Waals surface area contributed by atoms with Gasteiger partial charge in [-0.15, -0.1) is 11.8 Å². The molecule has 3 fully saturated rings. The van der Waals surface area contributed by atoms with Gasteiger partial charge in [0.1, 0.15) is 0 Å². The maximum Gasteiger partial charge on any atom is 0.169 e. The Morgan fingerprint density at radius 1 is 1.14 bits per heavy atom. The zero-order valence-electron chi connectivity index (χ0n) is 13.7. The molecule has 0 aromatic heterocycles. The van der Waals surface area contributed by atoms with Crippen LogP contribution in [0.2, 0.25) is 0 Å². The van der Waals surface area contributed by atoms with Crippen LogP contribution in [0.15, 0.2) is 10.5 Å². The van der Waals surface area contributed by atoms with Gasteiger partial charge in [0.05, 0.1) is 4.91 Å². The first kappa shape index (κ1) is 14.4. The summed E-state index contributed by atoms with van der Waals surface area (Å²) in [7, 11) is 0. The lowest BCUT2D eigenvalue weighted by atomic mass is 9.71. The molecule has 0 spiro atoms. The van der Waals surface area contributed by atoms with Gasteiger partial charge in [-0.3, -0.25) is 4.79 Å². The van der Waals surface area contributed by atoms with Gasteiger partial charge < -0.3 is 0 Å². The number of carbonyl (C=O) groups is 1. The third kappa shape index (κ3) is 1.87. The fourth-order valence-electron chi connectivity index (χ4n) is 5.70. The minimum absolute atomic E-state index is 0.433. The van der Waals surface area contributed by atoms with E-state index in [1.807, 2.05) is 11.8 Å². The number of fused-ring (bicyclic) bond motifs is 3. The third-order valence-electron chi connectivity index (χ3n) is 7.69. The molecule has 0 radical (unpaired) electrons. The molecule has 2 bridgehead atoms. The molecule has 4 atom stereocenters. The zero-order chi connectivity index (χ0) is 14.8. The summed E-state index contributed by atoms with van der Waals surface area (Å²) < 4.78 is 0. The average Bonchev–Trinajstić information content (AvgIpc) is 2.94. The first-order chi connectivity index (χ1) is 9.93. The van der Waals surface area contributed by atoms with Crippen LogP contribution in [0, 0.1) is 22.7 Å². The SMILES string of the molecule is CC1(C)[C@H]2CC[C@]1(C)[C@@H](SC1=C3CCCCC3CC1=O)C2. The van der Waals surface area contributed by atoms with Gasteiger partial charge in [-0.05, 0) is 66.8 Å². The Morgan fingerprint density at radius 2 is 1.95 bits per heavy atom. The van der Waals surface area contributed by atoms with E-state index in [4.69, 9.17) is 0 Å². The second-order valence-electron chi connectivity index (χ2n) is 8.64. The Bertz CT molecular complexity index is 518. The predicted octanol–water partition coefficient (Wildman–Crippen LogP) is 5.35. The van der Waals surface area contributed by atoms with Crippen molar-refractivity contribution in [2.45, 2.75) is 77.4 Å². The van der Waals surface area contributed by atoms with Crippen LogP contribution in [0.5, 0.6) is 0 Å². The van der Waals surface area contributed by atoms with Gasteiger partial charge in [0.15, 0.2) is 5.78 Å². The summed E-state index contributed by atoms with van der Waals surface area (Å²) in [6.45, 7) is 7.45. The van der Waals surface area contributed by atoms with Gasteiger partial charge in [0.2, 0.25) is 0 Å². The van der Waals surface area contributed by atoms with Gasteiger partial charge in [0.25, 0.3) is 0 Å². The summed E-state index contributed by atoms with van der Waals surface area (Å²) in [5, 5.41) is 0.679. The molecule has 0 aromatic carbocycles. The van der Waals surface area contributed by atoms with Crippen LogP contribution in [0.1, 0.15) is 72.1 Å². The normalized spacial score (nSPS) is 44.5. The number of allylic oxidation sites excluding steroid dienone is 2. The van der Waals surface area contributed by atoms with E-state index in [1.165, 1.54) is 49.9 Å². The van der Waals surface area contributed by atoms with E-state index >= 15 is 0 Å². The standard InChI is InChI=1S/C19H28OS/c1-18(2)13-8-9-19(18,3)16(11-13)21-17-14-7-5-4-6-12(14)10-15(17)20/h12-13,16H,4-11H2,1-3H3/t12?,13-,16-,19+/m0/s1. The van der Waals surface area contributed by atoms with Crippen LogP contribution in [0.3, 0.4) is 0 Å². The molecule has 21 heavy (non-hydrogen) atoms. The molecular formula is C19H28OS. The highest BCUT2D eigenvalue weighted by atomic mass is 32.2. The second-order valence-corrected chi connectivity index (χ2v) is 9.85. The molecule has 4 rings (SSSR count). The van der Waals surface area contributed by atoms with E-state index < -0.39 is 0 Å². The highest BCUT2D eigenvalue weighted by molar-refractivity contribution is 8.04. The molecule has 1 unspecified atom stereocenters. The van der Waals surface area contributed by atoms with E-state index in [0.29, 0.717) is 27.8 Å². The van der Waals surface area contributed by atoms with Crippen LogP contribution in [-0.2, 0) is 4.79 Å². The molecule has 0 amide bonds. The molecule has 4 aliphatic rings. The maximum atomic E-state index is 12.5. The van der Waals surface area contributed by atoms with Crippen molar-refractivity contribution in [1.82, 2.24) is 0 Å². The number of thioether (sulfide) groups is 1. The molecule has 0 N–H and O–H groups in total. The summed E-state index contributed by atoms with van der Waals surface area (Å²) >= 11 is 2.00. The van der Waals surface area contributed by atoms with Crippen molar-refractivity contribution < 1.29 is 4.79 Å². The number of rotatable bonds is 2. The predicted molar refractivity (Wildman–Crippen MR) is 89.2 cm³/mol. The fourth-order valence-corrected chi connectivity index (χ4v) is 7.63. The Morgan fingerprint density at radius 3 is 2.62 bits per heavy atom. The van der Waals surface area contributed by atoms with Crippen molar-refractivity contribution in [2.75, 3.05) is 0 Å². The number of carbonyl (C=O) groups excluding carboxylic acids is 1. The van der Waals surface area contributed by atoms with Crippen LogP contribution in [-0.4, -0.2) is 11.0 Å². The lowest BCUT2D eigenvalue weighted by Crippen LogP contribution is -2.34. The van der Waals surface area contributed by atoms with Gasteiger partial charge in [-0.25, -0.2) is 0 Å². The molecule has 0 saturated heterocycles. The van der Waals surface area contributed by atoms with E-state index in [9.17, 15) is 4.79 Å². The molecule has 4 aliphatic carbocycles. The summed E-state index contributed by atoms with van der Waals surface area (Å²) in [5.74, 6) is 1.98. The number of hydrogen-bond donors (Lipinski definition) is 0. The molecule has 0 heterocycles. The van der Waals surface area contributed by atoms with Gasteiger partial charge in [0, 0.05) is 11.7 Å². The molecule has 2 heteroatoms.